The molecular weight excluding hydrogens is 478 g/mol. The molecule has 1 saturated carbocycles. The Labute approximate surface area is 220 Å². The summed E-state index contributed by atoms with van der Waals surface area (Å²) in [4.78, 5) is 22.1. The third kappa shape index (κ3) is 4.42. The van der Waals surface area contributed by atoms with Gasteiger partial charge in [-0.1, -0.05) is 54.6 Å². The van der Waals surface area contributed by atoms with Crippen LogP contribution in [0.25, 0.3) is 44.9 Å². The quantitative estimate of drug-likeness (QED) is 0.269. The average Bonchev–Trinajstić information content (AvgIpc) is 3.54. The SMILES string of the molecule is CC(C)(C)OC(=O)NC1(c2ccc(-c3oc4ncc(-c5cn[nH]c5)nc4c3-c3ccccc3)cc2)CCC1. The monoisotopic (exact) mass is 507 g/mol. The van der Waals surface area contributed by atoms with E-state index in [2.05, 4.69) is 32.6 Å². The number of furan rings is 1. The summed E-state index contributed by atoms with van der Waals surface area (Å²) in [6.45, 7) is 5.61. The van der Waals surface area contributed by atoms with Crippen LogP contribution >= 0.6 is 0 Å². The van der Waals surface area contributed by atoms with Crippen molar-refractivity contribution in [3.8, 4) is 33.7 Å². The van der Waals surface area contributed by atoms with Crippen LogP contribution in [0.2, 0.25) is 0 Å². The standard InChI is InChI=1S/C30H29N5O3/c1-29(2,3)38-28(36)35-30(14-7-15-30)22-12-10-20(11-13-22)26-24(19-8-5-4-6-9-19)25-27(37-26)31-18-23(34-25)21-16-32-33-17-21/h4-6,8-13,16-18H,7,14-15H2,1-3H3,(H,32,33)(H,35,36). The fourth-order valence-electron chi connectivity index (χ4n) is 4.93. The summed E-state index contributed by atoms with van der Waals surface area (Å²) < 4.78 is 11.8. The van der Waals surface area contributed by atoms with Gasteiger partial charge < -0.3 is 14.5 Å². The molecule has 3 heterocycles. The first kappa shape index (κ1) is 23.9. The highest BCUT2D eigenvalue weighted by Crippen LogP contribution is 2.44. The average molecular weight is 508 g/mol. The number of nitrogens with one attached hydrogen (secondary N) is 2. The number of carbonyl (C=O) groups is 1. The van der Waals surface area contributed by atoms with Gasteiger partial charge in [0.15, 0.2) is 0 Å². The first-order valence-corrected chi connectivity index (χ1v) is 12.8. The van der Waals surface area contributed by atoms with Crippen molar-refractivity contribution in [2.75, 3.05) is 0 Å². The number of fused-ring (bicyclic) bond motifs is 1. The van der Waals surface area contributed by atoms with Crippen molar-refractivity contribution in [2.45, 2.75) is 51.2 Å². The number of alkyl carbamates (subject to hydrolysis) is 1. The lowest BCUT2D eigenvalue weighted by Crippen LogP contribution is -2.52. The third-order valence-corrected chi connectivity index (χ3v) is 6.90. The molecule has 2 aromatic carbocycles. The Hall–Kier alpha value is -4.46. The van der Waals surface area contributed by atoms with E-state index in [0.29, 0.717) is 22.7 Å². The number of rotatable bonds is 5. The number of hydrogen-bond acceptors (Lipinski definition) is 6. The van der Waals surface area contributed by atoms with Crippen molar-refractivity contribution in [2.24, 2.45) is 0 Å². The van der Waals surface area contributed by atoms with Crippen molar-refractivity contribution in [1.29, 1.82) is 0 Å². The lowest BCUT2D eigenvalue weighted by molar-refractivity contribution is 0.0377. The van der Waals surface area contributed by atoms with E-state index < -0.39 is 17.2 Å². The van der Waals surface area contributed by atoms with E-state index in [0.717, 1.165) is 47.1 Å². The second-order valence-corrected chi connectivity index (χ2v) is 10.7. The molecule has 8 nitrogen and oxygen atoms in total. The minimum Gasteiger partial charge on any atom is -0.444 e. The van der Waals surface area contributed by atoms with E-state index in [1.807, 2.05) is 63.2 Å². The van der Waals surface area contributed by atoms with Crippen LogP contribution in [0.1, 0.15) is 45.6 Å². The highest BCUT2D eigenvalue weighted by molar-refractivity contribution is 5.98. The highest BCUT2D eigenvalue weighted by atomic mass is 16.6. The predicted octanol–water partition coefficient (Wildman–Crippen LogP) is 6.85. The number of nitrogens with zero attached hydrogens (tertiary/aromatic N) is 3. The van der Waals surface area contributed by atoms with Gasteiger partial charge in [0.25, 0.3) is 0 Å². The molecule has 2 N–H and O–H groups in total. The van der Waals surface area contributed by atoms with E-state index in [9.17, 15) is 4.79 Å². The summed E-state index contributed by atoms with van der Waals surface area (Å²) in [5, 5.41) is 9.99. The molecule has 5 aromatic rings. The lowest BCUT2D eigenvalue weighted by atomic mass is 9.71. The Bertz CT molecular complexity index is 1580. The maximum absolute atomic E-state index is 12.6. The second kappa shape index (κ2) is 9.13. The molecule has 1 aliphatic carbocycles. The fourth-order valence-corrected chi connectivity index (χ4v) is 4.93. The van der Waals surface area contributed by atoms with Crippen molar-refractivity contribution in [3.63, 3.8) is 0 Å². The van der Waals surface area contributed by atoms with E-state index in [-0.39, 0.29) is 0 Å². The van der Waals surface area contributed by atoms with Crippen LogP contribution in [0.15, 0.2) is 77.6 Å². The number of ether oxygens (including phenoxy) is 1. The Morgan fingerprint density at radius 1 is 1.00 bits per heavy atom. The lowest BCUT2D eigenvalue weighted by Gasteiger charge is -2.43. The molecule has 192 valence electrons. The van der Waals surface area contributed by atoms with Gasteiger partial charge in [-0.15, -0.1) is 0 Å². The summed E-state index contributed by atoms with van der Waals surface area (Å²) in [6.07, 6.45) is 7.61. The second-order valence-electron chi connectivity index (χ2n) is 10.7. The predicted molar refractivity (Wildman–Crippen MR) is 145 cm³/mol. The molecule has 1 amide bonds. The molecule has 0 atom stereocenters. The zero-order valence-electron chi connectivity index (χ0n) is 21.6. The number of hydrogen-bond donors (Lipinski definition) is 2. The molecule has 8 heteroatoms. The molecule has 1 aliphatic rings. The largest absolute Gasteiger partial charge is 0.444 e. The summed E-state index contributed by atoms with van der Waals surface area (Å²) >= 11 is 0. The van der Waals surface area contributed by atoms with Gasteiger partial charge in [-0.05, 0) is 51.2 Å². The molecule has 6 rings (SSSR count). The van der Waals surface area contributed by atoms with Gasteiger partial charge in [0.05, 0.1) is 29.2 Å². The molecule has 0 saturated heterocycles. The van der Waals surface area contributed by atoms with E-state index in [1.54, 1.807) is 18.6 Å². The molecule has 0 bridgehead atoms. The van der Waals surface area contributed by atoms with E-state index in [4.69, 9.17) is 14.1 Å². The molecule has 0 unspecified atom stereocenters. The third-order valence-electron chi connectivity index (χ3n) is 6.90. The minimum absolute atomic E-state index is 0.393. The smallest absolute Gasteiger partial charge is 0.408 e. The number of benzene rings is 2. The van der Waals surface area contributed by atoms with Gasteiger partial charge in [0.1, 0.15) is 16.9 Å². The van der Waals surface area contributed by atoms with Gasteiger partial charge >= 0.3 is 6.09 Å². The van der Waals surface area contributed by atoms with Crippen LogP contribution in [0.5, 0.6) is 0 Å². The van der Waals surface area contributed by atoms with Gasteiger partial charge in [0.2, 0.25) is 5.71 Å². The zero-order chi connectivity index (χ0) is 26.3. The zero-order valence-corrected chi connectivity index (χ0v) is 21.6. The van der Waals surface area contributed by atoms with Crippen LogP contribution in [0, 0.1) is 0 Å². The molecule has 1 fully saturated rings. The molecular formula is C30H29N5O3. The highest BCUT2D eigenvalue weighted by Gasteiger charge is 2.41. The molecule has 0 aliphatic heterocycles. The number of carbonyl (C=O) groups excluding carboxylic acids is 1. The first-order valence-electron chi connectivity index (χ1n) is 12.8. The summed E-state index contributed by atoms with van der Waals surface area (Å²) in [6, 6.07) is 18.3. The molecule has 0 radical (unpaired) electrons. The van der Waals surface area contributed by atoms with Crippen LogP contribution in [-0.4, -0.2) is 31.9 Å². The van der Waals surface area contributed by atoms with Gasteiger partial charge in [-0.25, -0.2) is 14.8 Å². The Morgan fingerprint density at radius 3 is 2.39 bits per heavy atom. The van der Waals surface area contributed by atoms with Crippen molar-refractivity contribution >= 4 is 17.3 Å². The maximum Gasteiger partial charge on any atom is 0.408 e. The number of H-pyrrole nitrogens is 1. The van der Waals surface area contributed by atoms with Crippen LogP contribution in [-0.2, 0) is 10.3 Å². The Kier molecular flexibility index (Phi) is 5.75. The van der Waals surface area contributed by atoms with Crippen molar-refractivity contribution in [1.82, 2.24) is 25.5 Å². The van der Waals surface area contributed by atoms with Crippen molar-refractivity contribution < 1.29 is 13.9 Å². The van der Waals surface area contributed by atoms with Gasteiger partial charge in [0, 0.05) is 17.3 Å². The molecule has 38 heavy (non-hydrogen) atoms. The number of aromatic nitrogens is 4. The van der Waals surface area contributed by atoms with E-state index >= 15 is 0 Å². The van der Waals surface area contributed by atoms with Gasteiger partial charge in [-0.3, -0.25) is 5.10 Å². The molecule has 3 aromatic heterocycles. The van der Waals surface area contributed by atoms with Crippen LogP contribution in [0.3, 0.4) is 0 Å². The minimum atomic E-state index is -0.548. The Balaban J connectivity index is 1.39. The summed E-state index contributed by atoms with van der Waals surface area (Å²) in [7, 11) is 0. The summed E-state index contributed by atoms with van der Waals surface area (Å²) in [5.74, 6) is 0.699. The van der Waals surface area contributed by atoms with Gasteiger partial charge in [-0.2, -0.15) is 5.10 Å². The normalized spacial score (nSPS) is 14.7. The van der Waals surface area contributed by atoms with Crippen LogP contribution in [0.4, 0.5) is 4.79 Å². The van der Waals surface area contributed by atoms with E-state index in [1.165, 1.54) is 0 Å². The topological polar surface area (TPSA) is 106 Å². The summed E-state index contributed by atoms with van der Waals surface area (Å²) in [5.41, 5.74) is 5.60. The number of aromatic amines is 1. The first-order chi connectivity index (χ1) is 18.3. The molecule has 0 spiro atoms. The fraction of sp³-hybridized carbons (Fsp3) is 0.267. The number of amides is 1. The van der Waals surface area contributed by atoms with Crippen LogP contribution < -0.4 is 5.32 Å². The Morgan fingerprint density at radius 2 is 1.76 bits per heavy atom. The maximum atomic E-state index is 12.6. The van der Waals surface area contributed by atoms with Crippen molar-refractivity contribution in [3.05, 3.63) is 78.8 Å².